The highest BCUT2D eigenvalue weighted by Crippen LogP contribution is 2.45. The molecule has 0 aromatic carbocycles. The van der Waals surface area contributed by atoms with E-state index in [1.54, 1.807) is 7.05 Å². The number of nitrogens with zero attached hydrogens (tertiary/aromatic N) is 1. The smallest absolute Gasteiger partial charge is 0.325 e. The lowest BCUT2D eigenvalue weighted by atomic mass is 9.65. The summed E-state index contributed by atoms with van der Waals surface area (Å²) < 4.78 is 0. The van der Waals surface area contributed by atoms with E-state index in [4.69, 9.17) is 0 Å². The van der Waals surface area contributed by atoms with Gasteiger partial charge in [0, 0.05) is 13.1 Å². The molecule has 0 radical (unpaired) electrons. The number of carbonyl (C=O) groups is 3. The van der Waals surface area contributed by atoms with Gasteiger partial charge in [0.15, 0.2) is 0 Å². The van der Waals surface area contributed by atoms with Crippen LogP contribution in [0.4, 0.5) is 4.79 Å². The van der Waals surface area contributed by atoms with E-state index in [0.29, 0.717) is 31.8 Å². The number of hydrogen-bond donors (Lipinski definition) is 3. The van der Waals surface area contributed by atoms with E-state index in [9.17, 15) is 14.4 Å². The van der Waals surface area contributed by atoms with Crippen LogP contribution in [0.2, 0.25) is 0 Å². The average molecular weight is 352 g/mol. The van der Waals surface area contributed by atoms with Crippen molar-refractivity contribution in [2.75, 3.05) is 26.7 Å². The fourth-order valence-corrected chi connectivity index (χ4v) is 3.87. The Kier molecular flexibility index (Phi) is 6.08. The second-order valence-corrected chi connectivity index (χ2v) is 7.97. The molecule has 1 saturated carbocycles. The molecule has 25 heavy (non-hydrogen) atoms. The third kappa shape index (κ3) is 4.14. The quantitative estimate of drug-likeness (QED) is 0.475. The summed E-state index contributed by atoms with van der Waals surface area (Å²) in [5.74, 6) is 0.0114. The Labute approximate surface area is 150 Å². The zero-order valence-electron chi connectivity index (χ0n) is 15.9. The van der Waals surface area contributed by atoms with Gasteiger partial charge in [-0.1, -0.05) is 27.2 Å². The lowest BCUT2D eigenvalue weighted by Gasteiger charge is -2.42. The van der Waals surface area contributed by atoms with Crippen LogP contribution in [-0.4, -0.2) is 55.0 Å². The Balaban J connectivity index is 1.96. The molecule has 2 rings (SSSR count). The van der Waals surface area contributed by atoms with E-state index >= 15 is 0 Å². The third-order valence-electron chi connectivity index (χ3n) is 6.10. The summed E-state index contributed by atoms with van der Waals surface area (Å²) in [5.41, 5.74) is -0.553. The molecule has 2 fully saturated rings. The lowest BCUT2D eigenvalue weighted by Crippen LogP contribution is -2.51. The summed E-state index contributed by atoms with van der Waals surface area (Å²) in [6.07, 6.45) is 4.26. The first-order valence-corrected chi connectivity index (χ1v) is 9.31. The highest BCUT2D eigenvalue weighted by molar-refractivity contribution is 6.09. The van der Waals surface area contributed by atoms with Crippen LogP contribution < -0.4 is 16.0 Å². The maximum Gasteiger partial charge on any atom is 0.325 e. The number of nitrogens with one attached hydrogen (secondary N) is 3. The molecule has 7 nitrogen and oxygen atoms in total. The van der Waals surface area contributed by atoms with Gasteiger partial charge >= 0.3 is 6.03 Å². The van der Waals surface area contributed by atoms with Crippen LogP contribution in [0.15, 0.2) is 0 Å². The molecule has 2 aliphatic rings. The molecule has 1 aliphatic heterocycles. The lowest BCUT2D eigenvalue weighted by molar-refractivity contribution is -0.136. The van der Waals surface area contributed by atoms with E-state index in [-0.39, 0.29) is 23.8 Å². The first kappa shape index (κ1) is 19.7. The van der Waals surface area contributed by atoms with Crippen LogP contribution in [0.1, 0.15) is 52.9 Å². The molecular weight excluding hydrogens is 320 g/mol. The van der Waals surface area contributed by atoms with Crippen LogP contribution >= 0.6 is 0 Å². The van der Waals surface area contributed by atoms with Gasteiger partial charge in [0.25, 0.3) is 5.91 Å². The average Bonchev–Trinajstić information content (AvgIpc) is 2.80. The maximum atomic E-state index is 12.8. The van der Waals surface area contributed by atoms with Crippen molar-refractivity contribution in [3.8, 4) is 0 Å². The topological polar surface area (TPSA) is 90.5 Å². The summed E-state index contributed by atoms with van der Waals surface area (Å²) in [4.78, 5) is 38.1. The molecule has 4 amide bonds. The number of likely N-dealkylation sites (N-methyl/N-ethyl adjacent to an activating group) is 1. The van der Waals surface area contributed by atoms with Gasteiger partial charge in [-0.25, -0.2) is 4.79 Å². The molecule has 1 saturated heterocycles. The summed E-state index contributed by atoms with van der Waals surface area (Å²) in [6, 6.07) is -0.443. The number of carbonyl (C=O) groups excluding carboxylic acids is 3. The van der Waals surface area contributed by atoms with E-state index in [0.717, 1.165) is 24.2 Å². The van der Waals surface area contributed by atoms with Gasteiger partial charge in [0.05, 0.1) is 0 Å². The highest BCUT2D eigenvalue weighted by Gasteiger charge is 2.53. The molecule has 0 unspecified atom stereocenters. The van der Waals surface area contributed by atoms with Crippen LogP contribution in [0.3, 0.4) is 0 Å². The van der Waals surface area contributed by atoms with Gasteiger partial charge in [-0.15, -0.1) is 0 Å². The van der Waals surface area contributed by atoms with E-state index in [1.807, 2.05) is 0 Å². The Morgan fingerprint density at radius 3 is 2.48 bits per heavy atom. The molecule has 0 atom stereocenters. The number of amides is 4. The van der Waals surface area contributed by atoms with Crippen molar-refractivity contribution >= 4 is 17.8 Å². The molecule has 0 bridgehead atoms. The van der Waals surface area contributed by atoms with Gasteiger partial charge < -0.3 is 16.0 Å². The van der Waals surface area contributed by atoms with E-state index in [2.05, 4.69) is 36.7 Å². The zero-order valence-corrected chi connectivity index (χ0v) is 15.9. The van der Waals surface area contributed by atoms with Crippen LogP contribution in [0.5, 0.6) is 0 Å². The van der Waals surface area contributed by atoms with E-state index in [1.165, 1.54) is 0 Å². The summed E-state index contributed by atoms with van der Waals surface area (Å²) in [5, 5.41) is 8.51. The molecular formula is C18H32N4O3. The SMILES string of the molecule is CCC(C)(C)C1CCC2(CC1)NC(=O)N(CC(=O)NCCNC)C2=O. The van der Waals surface area contributed by atoms with Gasteiger partial charge in [-0.3, -0.25) is 14.5 Å². The standard InChI is InChI=1S/C18H32N4O3/c1-5-17(2,3)13-6-8-18(9-7-13)15(24)22(16(25)21-18)12-14(23)20-11-10-19-4/h13,19H,5-12H2,1-4H3,(H,20,23)(H,21,25). The van der Waals surface area contributed by atoms with Crippen molar-refractivity contribution in [3.05, 3.63) is 0 Å². The van der Waals surface area contributed by atoms with Crippen LogP contribution in [0.25, 0.3) is 0 Å². The molecule has 0 aromatic rings. The number of hydrogen-bond acceptors (Lipinski definition) is 4. The summed E-state index contributed by atoms with van der Waals surface area (Å²) >= 11 is 0. The molecule has 0 aromatic heterocycles. The molecule has 142 valence electrons. The normalized spacial score (nSPS) is 26.9. The summed E-state index contributed by atoms with van der Waals surface area (Å²) in [6.45, 7) is 7.64. The highest BCUT2D eigenvalue weighted by atomic mass is 16.2. The first-order valence-electron chi connectivity index (χ1n) is 9.31. The molecule has 1 aliphatic carbocycles. The van der Waals surface area contributed by atoms with Crippen molar-refractivity contribution in [3.63, 3.8) is 0 Å². The second-order valence-electron chi connectivity index (χ2n) is 7.97. The van der Waals surface area contributed by atoms with Crippen molar-refractivity contribution in [2.24, 2.45) is 11.3 Å². The molecule has 3 N–H and O–H groups in total. The fraction of sp³-hybridized carbons (Fsp3) is 0.833. The van der Waals surface area contributed by atoms with Crippen molar-refractivity contribution in [1.82, 2.24) is 20.9 Å². The minimum atomic E-state index is -0.803. The van der Waals surface area contributed by atoms with Crippen molar-refractivity contribution in [2.45, 2.75) is 58.4 Å². The largest absolute Gasteiger partial charge is 0.353 e. The Morgan fingerprint density at radius 2 is 1.92 bits per heavy atom. The zero-order chi connectivity index (χ0) is 18.7. The Morgan fingerprint density at radius 1 is 1.28 bits per heavy atom. The number of imide groups is 1. The number of rotatable bonds is 7. The molecule has 7 heteroatoms. The molecule has 1 spiro atoms. The second kappa shape index (κ2) is 7.72. The van der Waals surface area contributed by atoms with E-state index < -0.39 is 11.6 Å². The minimum Gasteiger partial charge on any atom is -0.353 e. The van der Waals surface area contributed by atoms with Crippen LogP contribution in [-0.2, 0) is 9.59 Å². The monoisotopic (exact) mass is 352 g/mol. The Hall–Kier alpha value is -1.63. The van der Waals surface area contributed by atoms with Crippen molar-refractivity contribution in [1.29, 1.82) is 0 Å². The van der Waals surface area contributed by atoms with Gasteiger partial charge in [-0.05, 0) is 44.1 Å². The predicted molar refractivity (Wildman–Crippen MR) is 95.9 cm³/mol. The number of urea groups is 1. The third-order valence-corrected chi connectivity index (χ3v) is 6.10. The predicted octanol–water partition coefficient (Wildman–Crippen LogP) is 1.24. The van der Waals surface area contributed by atoms with Gasteiger partial charge in [-0.2, -0.15) is 0 Å². The maximum absolute atomic E-state index is 12.8. The van der Waals surface area contributed by atoms with Crippen LogP contribution in [0, 0.1) is 11.3 Å². The minimum absolute atomic E-state index is 0.208. The fourth-order valence-electron chi connectivity index (χ4n) is 3.87. The summed E-state index contributed by atoms with van der Waals surface area (Å²) in [7, 11) is 1.80. The molecule has 1 heterocycles. The first-order chi connectivity index (χ1) is 11.8. The van der Waals surface area contributed by atoms with Crippen molar-refractivity contribution < 1.29 is 14.4 Å². The van der Waals surface area contributed by atoms with Gasteiger partial charge in [0.2, 0.25) is 5.91 Å². The Bertz CT molecular complexity index is 524. The van der Waals surface area contributed by atoms with Gasteiger partial charge in [0.1, 0.15) is 12.1 Å².